The van der Waals surface area contributed by atoms with Gasteiger partial charge in [-0.05, 0) is 43.4 Å². The number of likely N-dealkylation sites (tertiary alicyclic amines) is 1. The SMILES string of the molecule is O=C(c1cnn2c1[nH]c(=O)c1ccccc12)N1CCCC1CCc1ccccc1. The van der Waals surface area contributed by atoms with Crippen LogP contribution in [0.3, 0.4) is 0 Å². The minimum atomic E-state index is -0.204. The predicted molar refractivity (Wildman–Crippen MR) is 112 cm³/mol. The van der Waals surface area contributed by atoms with Crippen LogP contribution in [-0.2, 0) is 6.42 Å². The van der Waals surface area contributed by atoms with Crippen molar-refractivity contribution in [1.82, 2.24) is 19.5 Å². The summed E-state index contributed by atoms with van der Waals surface area (Å²) in [6.45, 7) is 0.743. The van der Waals surface area contributed by atoms with Crippen LogP contribution in [0.2, 0.25) is 0 Å². The van der Waals surface area contributed by atoms with Crippen molar-refractivity contribution in [1.29, 1.82) is 0 Å². The van der Waals surface area contributed by atoms with Gasteiger partial charge in [0.1, 0.15) is 11.2 Å². The lowest BCUT2D eigenvalue weighted by molar-refractivity contribution is 0.0732. The van der Waals surface area contributed by atoms with Gasteiger partial charge in [-0.1, -0.05) is 42.5 Å². The molecule has 1 N–H and O–H groups in total. The molecule has 2 aromatic carbocycles. The highest BCUT2D eigenvalue weighted by molar-refractivity contribution is 6.01. The van der Waals surface area contributed by atoms with E-state index >= 15 is 0 Å². The monoisotopic (exact) mass is 386 g/mol. The highest BCUT2D eigenvalue weighted by atomic mass is 16.2. The van der Waals surface area contributed by atoms with Gasteiger partial charge in [-0.2, -0.15) is 5.10 Å². The number of para-hydroxylation sites is 1. The van der Waals surface area contributed by atoms with Crippen LogP contribution in [0.1, 0.15) is 35.2 Å². The number of rotatable bonds is 4. The third kappa shape index (κ3) is 3.10. The van der Waals surface area contributed by atoms with Gasteiger partial charge in [0, 0.05) is 12.6 Å². The molecule has 1 fully saturated rings. The molecule has 0 radical (unpaired) electrons. The van der Waals surface area contributed by atoms with E-state index in [-0.39, 0.29) is 17.5 Å². The minimum absolute atomic E-state index is 0.0542. The zero-order chi connectivity index (χ0) is 19.8. The number of benzene rings is 2. The van der Waals surface area contributed by atoms with E-state index in [1.807, 2.05) is 41.3 Å². The van der Waals surface area contributed by atoms with E-state index in [0.717, 1.165) is 32.2 Å². The number of aromatic amines is 1. The lowest BCUT2D eigenvalue weighted by Gasteiger charge is -2.24. The number of H-pyrrole nitrogens is 1. The standard InChI is InChI=1S/C23H22N4O2/c28-22-18-10-4-5-11-20(18)27-21(25-22)19(15-24-27)23(29)26-14-6-9-17(26)13-12-16-7-2-1-3-8-16/h1-5,7-8,10-11,15,17H,6,9,12-14H2,(H,25,28). The Morgan fingerprint density at radius 2 is 1.90 bits per heavy atom. The molecule has 1 atom stereocenters. The van der Waals surface area contributed by atoms with E-state index in [1.54, 1.807) is 16.8 Å². The number of hydrogen-bond donors (Lipinski definition) is 1. The highest BCUT2D eigenvalue weighted by Crippen LogP contribution is 2.25. The maximum absolute atomic E-state index is 13.3. The second-order valence-electron chi connectivity index (χ2n) is 7.61. The average Bonchev–Trinajstić information content (AvgIpc) is 3.40. The number of aromatic nitrogens is 3. The van der Waals surface area contributed by atoms with Crippen LogP contribution >= 0.6 is 0 Å². The van der Waals surface area contributed by atoms with Crippen LogP contribution in [0.4, 0.5) is 0 Å². The number of amides is 1. The summed E-state index contributed by atoms with van der Waals surface area (Å²) in [5.74, 6) is -0.0542. The molecule has 0 spiro atoms. The topological polar surface area (TPSA) is 70.5 Å². The third-order valence-corrected chi connectivity index (χ3v) is 5.86. The zero-order valence-electron chi connectivity index (χ0n) is 16.0. The third-order valence-electron chi connectivity index (χ3n) is 5.86. The van der Waals surface area contributed by atoms with E-state index < -0.39 is 0 Å². The highest BCUT2D eigenvalue weighted by Gasteiger charge is 2.31. The summed E-state index contributed by atoms with van der Waals surface area (Å²) in [6.07, 6.45) is 5.48. The summed E-state index contributed by atoms with van der Waals surface area (Å²) in [5, 5.41) is 4.96. The smallest absolute Gasteiger partial charge is 0.259 e. The maximum Gasteiger partial charge on any atom is 0.259 e. The van der Waals surface area contributed by atoms with Crippen LogP contribution < -0.4 is 5.56 Å². The van der Waals surface area contributed by atoms with E-state index in [9.17, 15) is 9.59 Å². The molecule has 1 amide bonds. The molecule has 5 rings (SSSR count). The minimum Gasteiger partial charge on any atom is -0.335 e. The molecule has 0 aliphatic carbocycles. The van der Waals surface area contributed by atoms with Gasteiger partial charge in [0.05, 0.1) is 17.1 Å². The second kappa shape index (κ2) is 7.20. The summed E-state index contributed by atoms with van der Waals surface area (Å²) in [7, 11) is 0. The Bertz CT molecular complexity index is 1240. The summed E-state index contributed by atoms with van der Waals surface area (Å²) in [5.41, 5.74) is 2.71. The van der Waals surface area contributed by atoms with Gasteiger partial charge in [-0.15, -0.1) is 0 Å². The fraction of sp³-hybridized carbons (Fsp3) is 0.261. The zero-order valence-corrected chi connectivity index (χ0v) is 16.0. The maximum atomic E-state index is 13.3. The molecule has 29 heavy (non-hydrogen) atoms. The summed E-state index contributed by atoms with van der Waals surface area (Å²) < 4.78 is 1.65. The van der Waals surface area contributed by atoms with Crippen molar-refractivity contribution in [2.24, 2.45) is 0 Å². The molecule has 2 aromatic heterocycles. The van der Waals surface area contributed by atoms with Crippen LogP contribution in [0.5, 0.6) is 0 Å². The molecule has 1 unspecified atom stereocenters. The molecule has 146 valence electrons. The Morgan fingerprint density at radius 1 is 1.10 bits per heavy atom. The number of fused-ring (bicyclic) bond motifs is 3. The Morgan fingerprint density at radius 3 is 2.76 bits per heavy atom. The first-order valence-corrected chi connectivity index (χ1v) is 10.1. The normalized spacial score (nSPS) is 16.7. The first-order chi connectivity index (χ1) is 14.2. The van der Waals surface area contributed by atoms with Gasteiger partial charge < -0.3 is 9.88 Å². The molecule has 3 heterocycles. The van der Waals surface area contributed by atoms with Crippen molar-refractivity contribution in [2.75, 3.05) is 6.54 Å². The second-order valence-corrected chi connectivity index (χ2v) is 7.61. The van der Waals surface area contributed by atoms with E-state index in [1.165, 1.54) is 5.56 Å². The molecule has 1 aliphatic heterocycles. The Kier molecular flexibility index (Phi) is 4.39. The fourth-order valence-corrected chi connectivity index (χ4v) is 4.37. The van der Waals surface area contributed by atoms with Crippen molar-refractivity contribution in [2.45, 2.75) is 31.7 Å². The number of aryl methyl sites for hydroxylation is 1. The van der Waals surface area contributed by atoms with Crippen LogP contribution in [-0.4, -0.2) is 38.0 Å². The van der Waals surface area contributed by atoms with Crippen LogP contribution in [0.25, 0.3) is 16.6 Å². The van der Waals surface area contributed by atoms with Gasteiger partial charge in [-0.3, -0.25) is 9.59 Å². The molecule has 0 saturated carbocycles. The van der Waals surface area contributed by atoms with Crippen molar-refractivity contribution in [3.05, 3.63) is 82.3 Å². The fourth-order valence-electron chi connectivity index (χ4n) is 4.37. The van der Waals surface area contributed by atoms with Gasteiger partial charge in [0.15, 0.2) is 0 Å². The van der Waals surface area contributed by atoms with Gasteiger partial charge in [0.25, 0.3) is 11.5 Å². The molecule has 1 aliphatic rings. The molecule has 4 aromatic rings. The number of hydrogen-bond acceptors (Lipinski definition) is 3. The van der Waals surface area contributed by atoms with Crippen LogP contribution in [0.15, 0.2) is 65.6 Å². The first kappa shape index (κ1) is 17.7. The van der Waals surface area contributed by atoms with E-state index in [4.69, 9.17) is 0 Å². The first-order valence-electron chi connectivity index (χ1n) is 10.1. The lowest BCUT2D eigenvalue weighted by Crippen LogP contribution is -2.36. The number of carbonyl (C=O) groups excluding carboxylic acids is 1. The predicted octanol–water partition coefficient (Wildman–Crippen LogP) is 3.41. The quantitative estimate of drug-likeness (QED) is 0.584. The van der Waals surface area contributed by atoms with Crippen molar-refractivity contribution in [3.63, 3.8) is 0 Å². The Hall–Kier alpha value is -3.41. The van der Waals surface area contributed by atoms with E-state index in [0.29, 0.717) is 22.1 Å². The van der Waals surface area contributed by atoms with E-state index in [2.05, 4.69) is 22.2 Å². The summed E-state index contributed by atoms with van der Waals surface area (Å²) >= 11 is 0. The van der Waals surface area contributed by atoms with Gasteiger partial charge in [0.2, 0.25) is 0 Å². The lowest BCUT2D eigenvalue weighted by atomic mass is 10.0. The molecular formula is C23H22N4O2. The molecule has 0 bridgehead atoms. The van der Waals surface area contributed by atoms with Crippen molar-refractivity contribution in [3.8, 4) is 0 Å². The number of nitrogens with one attached hydrogen (secondary N) is 1. The largest absolute Gasteiger partial charge is 0.335 e. The van der Waals surface area contributed by atoms with Crippen molar-refractivity contribution >= 4 is 22.5 Å². The molecule has 6 nitrogen and oxygen atoms in total. The summed E-state index contributed by atoms with van der Waals surface area (Å²) in [6, 6.07) is 17.9. The van der Waals surface area contributed by atoms with Crippen molar-refractivity contribution < 1.29 is 4.79 Å². The molecule has 6 heteroatoms. The molecular weight excluding hydrogens is 364 g/mol. The molecule has 1 saturated heterocycles. The Labute approximate surface area is 167 Å². The van der Waals surface area contributed by atoms with Crippen LogP contribution in [0, 0.1) is 0 Å². The van der Waals surface area contributed by atoms with Gasteiger partial charge >= 0.3 is 0 Å². The Balaban J connectivity index is 1.45. The number of nitrogens with zero attached hydrogens (tertiary/aromatic N) is 3. The summed E-state index contributed by atoms with van der Waals surface area (Å²) in [4.78, 5) is 30.6. The number of carbonyl (C=O) groups is 1. The van der Waals surface area contributed by atoms with Gasteiger partial charge in [-0.25, -0.2) is 4.52 Å². The average molecular weight is 386 g/mol.